The lowest BCUT2D eigenvalue weighted by molar-refractivity contribution is -0.274. The number of hydrogen-bond donors (Lipinski definition) is 0. The Bertz CT molecular complexity index is 573. The predicted molar refractivity (Wildman–Crippen MR) is 73.2 cm³/mol. The summed E-state index contributed by atoms with van der Waals surface area (Å²) in [6, 6.07) is 4.09. The van der Waals surface area contributed by atoms with Crippen LogP contribution in [-0.2, 0) is 6.54 Å². The second kappa shape index (κ2) is 6.84. The second-order valence-electron chi connectivity index (χ2n) is 4.14. The Kier molecular flexibility index (Phi) is 5.11. The van der Waals surface area contributed by atoms with Crippen molar-refractivity contribution in [1.82, 2.24) is 9.55 Å². The molecule has 0 aliphatic rings. The molecule has 0 unspecified atom stereocenters. The average molecular weight is 365 g/mol. The number of rotatable bonds is 6. The van der Waals surface area contributed by atoms with Crippen LogP contribution in [0.3, 0.4) is 0 Å². The molecule has 1 aromatic heterocycles. The third-order valence-electron chi connectivity index (χ3n) is 2.52. The quantitative estimate of drug-likeness (QED) is 0.726. The lowest BCUT2D eigenvalue weighted by atomic mass is 10.3. The number of ether oxygens (including phenoxy) is 2. The summed E-state index contributed by atoms with van der Waals surface area (Å²) >= 11 is 3.02. The molecule has 0 spiro atoms. The molecule has 0 fully saturated rings. The molecule has 2 aromatic rings. The Labute approximate surface area is 127 Å². The number of halogens is 4. The molecule has 8 heteroatoms. The maximum Gasteiger partial charge on any atom is 0.573 e. The third kappa shape index (κ3) is 5.30. The molecule has 2 rings (SSSR count). The summed E-state index contributed by atoms with van der Waals surface area (Å²) in [4.78, 5) is 3.92. The Morgan fingerprint density at radius 1 is 1.29 bits per heavy atom. The van der Waals surface area contributed by atoms with Crippen LogP contribution in [-0.4, -0.2) is 22.5 Å². The normalized spacial score (nSPS) is 11.4. The van der Waals surface area contributed by atoms with Crippen molar-refractivity contribution in [2.75, 3.05) is 6.61 Å². The SMILES string of the molecule is FC(F)(F)Oc1ccc(OCCCn2ccnc2)cc1Br. The van der Waals surface area contributed by atoms with Crippen LogP contribution in [0.5, 0.6) is 11.5 Å². The summed E-state index contributed by atoms with van der Waals surface area (Å²) in [5.41, 5.74) is 0. The standard InChI is InChI=1S/C13H12BrF3N2O2/c14-11-8-10(2-3-12(11)21-13(15,16)17)20-7-1-5-19-6-4-18-9-19/h2-4,6,8-9H,1,5,7H2. The first kappa shape index (κ1) is 15.7. The van der Waals surface area contributed by atoms with Crippen LogP contribution < -0.4 is 9.47 Å². The highest BCUT2D eigenvalue weighted by Crippen LogP contribution is 2.33. The summed E-state index contributed by atoms with van der Waals surface area (Å²) in [7, 11) is 0. The molecule has 4 nitrogen and oxygen atoms in total. The van der Waals surface area contributed by atoms with Crippen molar-refractivity contribution in [1.29, 1.82) is 0 Å². The first-order chi connectivity index (χ1) is 9.94. The highest BCUT2D eigenvalue weighted by Gasteiger charge is 2.31. The van der Waals surface area contributed by atoms with Gasteiger partial charge in [0.25, 0.3) is 0 Å². The first-order valence-corrected chi connectivity index (χ1v) is 6.87. The average Bonchev–Trinajstić information content (AvgIpc) is 2.89. The topological polar surface area (TPSA) is 36.3 Å². The predicted octanol–water partition coefficient (Wildman–Crippen LogP) is 4.01. The molecule has 0 aliphatic carbocycles. The number of hydrogen-bond acceptors (Lipinski definition) is 3. The van der Waals surface area contributed by atoms with Gasteiger partial charge in [0.2, 0.25) is 0 Å². The second-order valence-corrected chi connectivity index (χ2v) is 5.00. The van der Waals surface area contributed by atoms with Gasteiger partial charge in [-0.05, 0) is 40.5 Å². The van der Waals surface area contributed by atoms with Crippen molar-refractivity contribution in [2.45, 2.75) is 19.3 Å². The molecule has 0 aliphatic heterocycles. The van der Waals surface area contributed by atoms with Crippen molar-refractivity contribution in [2.24, 2.45) is 0 Å². The van der Waals surface area contributed by atoms with Gasteiger partial charge >= 0.3 is 6.36 Å². The van der Waals surface area contributed by atoms with Crippen molar-refractivity contribution >= 4 is 15.9 Å². The van der Waals surface area contributed by atoms with E-state index < -0.39 is 6.36 Å². The van der Waals surface area contributed by atoms with Crippen LogP contribution in [0.1, 0.15) is 6.42 Å². The zero-order valence-corrected chi connectivity index (χ0v) is 12.4. The lowest BCUT2D eigenvalue weighted by Gasteiger charge is -2.12. The third-order valence-corrected chi connectivity index (χ3v) is 3.14. The minimum Gasteiger partial charge on any atom is -0.493 e. The van der Waals surface area contributed by atoms with Gasteiger partial charge in [0, 0.05) is 18.9 Å². The minimum atomic E-state index is -4.71. The number of imidazole rings is 1. The first-order valence-electron chi connectivity index (χ1n) is 6.08. The van der Waals surface area contributed by atoms with Gasteiger partial charge in [0.05, 0.1) is 17.4 Å². The van der Waals surface area contributed by atoms with Crippen molar-refractivity contribution < 1.29 is 22.6 Å². The van der Waals surface area contributed by atoms with Gasteiger partial charge in [-0.3, -0.25) is 0 Å². The van der Waals surface area contributed by atoms with E-state index in [-0.39, 0.29) is 10.2 Å². The molecule has 21 heavy (non-hydrogen) atoms. The summed E-state index contributed by atoms with van der Waals surface area (Å²) in [6.07, 6.45) is 1.29. The van der Waals surface area contributed by atoms with Crippen LogP contribution in [0, 0.1) is 0 Å². The molecule has 0 bridgehead atoms. The van der Waals surface area contributed by atoms with Crippen molar-refractivity contribution in [3.63, 3.8) is 0 Å². The van der Waals surface area contributed by atoms with Gasteiger partial charge in [-0.2, -0.15) is 0 Å². The van der Waals surface area contributed by atoms with Gasteiger partial charge in [-0.1, -0.05) is 0 Å². The molecule has 0 saturated heterocycles. The summed E-state index contributed by atoms with van der Waals surface area (Å²) in [5, 5.41) is 0. The Morgan fingerprint density at radius 3 is 2.71 bits per heavy atom. The number of alkyl halides is 3. The van der Waals surface area contributed by atoms with E-state index in [1.165, 1.54) is 18.2 Å². The Hall–Kier alpha value is -1.70. The van der Waals surface area contributed by atoms with Crippen LogP contribution in [0.4, 0.5) is 13.2 Å². The van der Waals surface area contributed by atoms with E-state index in [0.29, 0.717) is 12.4 Å². The van der Waals surface area contributed by atoms with Gasteiger partial charge in [-0.15, -0.1) is 13.2 Å². The molecular weight excluding hydrogens is 353 g/mol. The van der Waals surface area contributed by atoms with Crippen molar-refractivity contribution in [3.8, 4) is 11.5 Å². The highest BCUT2D eigenvalue weighted by molar-refractivity contribution is 9.10. The number of aromatic nitrogens is 2. The van der Waals surface area contributed by atoms with Gasteiger partial charge < -0.3 is 14.0 Å². The summed E-state index contributed by atoms with van der Waals surface area (Å²) in [5.74, 6) is 0.176. The van der Waals surface area contributed by atoms with E-state index in [9.17, 15) is 13.2 Å². The van der Waals surface area contributed by atoms with E-state index in [2.05, 4.69) is 25.7 Å². The van der Waals surface area contributed by atoms with Crippen molar-refractivity contribution in [3.05, 3.63) is 41.4 Å². The fourth-order valence-electron chi connectivity index (χ4n) is 1.63. The molecule has 1 aromatic carbocycles. The largest absolute Gasteiger partial charge is 0.573 e. The zero-order chi connectivity index (χ0) is 15.3. The monoisotopic (exact) mass is 364 g/mol. The van der Waals surface area contributed by atoms with Crippen LogP contribution in [0.2, 0.25) is 0 Å². The molecule has 0 saturated carbocycles. The number of nitrogens with zero attached hydrogens (tertiary/aromatic N) is 2. The molecule has 0 radical (unpaired) electrons. The smallest absolute Gasteiger partial charge is 0.493 e. The number of aryl methyl sites for hydroxylation is 1. The summed E-state index contributed by atoms with van der Waals surface area (Å²) in [6.45, 7) is 1.21. The zero-order valence-electron chi connectivity index (χ0n) is 10.8. The molecule has 0 atom stereocenters. The minimum absolute atomic E-state index is 0.187. The van der Waals surface area contributed by atoms with Gasteiger partial charge in [0.1, 0.15) is 11.5 Å². The molecule has 0 amide bonds. The highest BCUT2D eigenvalue weighted by atomic mass is 79.9. The molecule has 114 valence electrons. The maximum atomic E-state index is 12.1. The number of benzene rings is 1. The van der Waals surface area contributed by atoms with E-state index in [1.807, 2.05) is 10.8 Å². The van der Waals surface area contributed by atoms with E-state index in [1.54, 1.807) is 12.5 Å². The molecular formula is C13H12BrF3N2O2. The lowest BCUT2D eigenvalue weighted by Crippen LogP contribution is -2.17. The fraction of sp³-hybridized carbons (Fsp3) is 0.308. The Balaban J connectivity index is 1.82. The van der Waals surface area contributed by atoms with E-state index in [0.717, 1.165) is 13.0 Å². The molecule has 1 heterocycles. The van der Waals surface area contributed by atoms with E-state index in [4.69, 9.17) is 4.74 Å². The van der Waals surface area contributed by atoms with Crippen LogP contribution >= 0.6 is 15.9 Å². The van der Waals surface area contributed by atoms with Crippen LogP contribution in [0.15, 0.2) is 41.4 Å². The Morgan fingerprint density at radius 2 is 2.10 bits per heavy atom. The molecule has 0 N–H and O–H groups in total. The van der Waals surface area contributed by atoms with E-state index >= 15 is 0 Å². The maximum absolute atomic E-state index is 12.1. The van der Waals surface area contributed by atoms with Gasteiger partial charge in [-0.25, -0.2) is 4.98 Å². The fourth-order valence-corrected chi connectivity index (χ4v) is 2.07. The summed E-state index contributed by atoms with van der Waals surface area (Å²) < 4.78 is 47.8. The van der Waals surface area contributed by atoms with Gasteiger partial charge in [0.15, 0.2) is 0 Å². The van der Waals surface area contributed by atoms with Crippen LogP contribution in [0.25, 0.3) is 0 Å².